The number of primary amides is 1. The molecule has 6 aromatic carbocycles. The van der Waals surface area contributed by atoms with Crippen LogP contribution in [0.2, 0.25) is 0 Å². The fourth-order valence-electron chi connectivity index (χ4n) is 7.28. The smallest absolute Gasteiger partial charge is 0.243 e. The van der Waals surface area contributed by atoms with Crippen LogP contribution in [0.1, 0.15) is 36.5 Å². The van der Waals surface area contributed by atoms with Gasteiger partial charge in [-0.2, -0.15) is 0 Å². The van der Waals surface area contributed by atoms with Crippen LogP contribution in [0.4, 0.5) is 0 Å². The van der Waals surface area contributed by atoms with Crippen molar-refractivity contribution in [2.75, 3.05) is 6.54 Å². The SMILES string of the molecule is CC(=O)N[C@H](Cc1ccc2ccccc2c1)C(=O)N[C@H](Cc1ccc2ccccc2c1)C(=O)N[C@H](Cc1ccc2ccccc2c1)C(=O)N[C@@H](CCCN=C(N)N)C(N)=O. The molecule has 0 fully saturated rings. The number of amides is 5. The van der Waals surface area contributed by atoms with Gasteiger partial charge in [0.05, 0.1) is 0 Å². The normalized spacial score (nSPS) is 13.1. The van der Waals surface area contributed by atoms with Gasteiger partial charge in [0, 0.05) is 32.7 Å². The van der Waals surface area contributed by atoms with E-state index in [0.717, 1.165) is 49.0 Å². The van der Waals surface area contributed by atoms with Gasteiger partial charge in [-0.15, -0.1) is 0 Å². The van der Waals surface area contributed by atoms with E-state index in [4.69, 9.17) is 17.2 Å². The summed E-state index contributed by atoms with van der Waals surface area (Å²) in [6, 6.07) is 36.2. The van der Waals surface area contributed by atoms with E-state index in [0.29, 0.717) is 6.42 Å². The first-order chi connectivity index (χ1) is 28.9. The average molecular weight is 807 g/mol. The summed E-state index contributed by atoms with van der Waals surface area (Å²) in [5, 5.41) is 17.2. The van der Waals surface area contributed by atoms with Gasteiger partial charge in [-0.05, 0) is 61.8 Å². The zero-order valence-corrected chi connectivity index (χ0v) is 33.4. The first-order valence-corrected chi connectivity index (χ1v) is 19.9. The van der Waals surface area contributed by atoms with Gasteiger partial charge in [0.15, 0.2) is 5.96 Å². The Balaban J connectivity index is 1.30. The van der Waals surface area contributed by atoms with Gasteiger partial charge in [0.1, 0.15) is 24.2 Å². The molecule has 6 aromatic rings. The molecule has 0 saturated heterocycles. The van der Waals surface area contributed by atoms with Crippen LogP contribution in [-0.2, 0) is 43.2 Å². The standard InChI is InChI=1S/C47H50N8O5/c1-29(56)52-40(26-30-16-19-33-9-2-5-12-36(33)23-30)44(58)54-42(28-32-18-21-35-11-4-7-14-38(35)25-32)46(60)55-41(27-31-17-20-34-10-3-6-13-37(34)24-31)45(59)53-39(43(48)57)15-8-22-51-47(49)50/h2-7,9-14,16-21,23-25,39-42H,8,15,22,26-28H2,1H3,(H2,48,57)(H,52,56)(H,53,59)(H,54,58)(H,55,60)(H4,49,50,51)/t39-,40+,41+,42+/m0/s1. The number of guanidine groups is 1. The van der Waals surface area contributed by atoms with Crippen molar-refractivity contribution in [2.24, 2.45) is 22.2 Å². The van der Waals surface area contributed by atoms with Crippen LogP contribution in [0.3, 0.4) is 0 Å². The molecular formula is C47H50N8O5. The minimum Gasteiger partial charge on any atom is -0.370 e. The number of nitrogens with one attached hydrogen (secondary N) is 4. The summed E-state index contributed by atoms with van der Waals surface area (Å²) >= 11 is 0. The highest BCUT2D eigenvalue weighted by Gasteiger charge is 2.31. The Morgan fingerprint density at radius 1 is 0.483 bits per heavy atom. The predicted octanol–water partition coefficient (Wildman–Crippen LogP) is 3.67. The highest BCUT2D eigenvalue weighted by Crippen LogP contribution is 2.20. The Kier molecular flexibility index (Phi) is 14.1. The van der Waals surface area contributed by atoms with Gasteiger partial charge in [-0.1, -0.05) is 127 Å². The Hall–Kier alpha value is -7.28. The minimum absolute atomic E-state index is 0.0506. The number of benzene rings is 6. The summed E-state index contributed by atoms with van der Waals surface area (Å²) in [5.41, 5.74) is 18.9. The van der Waals surface area contributed by atoms with Gasteiger partial charge in [-0.25, -0.2) is 0 Å². The largest absolute Gasteiger partial charge is 0.370 e. The van der Waals surface area contributed by atoms with Crippen LogP contribution in [0.25, 0.3) is 32.3 Å². The Bertz CT molecular complexity index is 2550. The van der Waals surface area contributed by atoms with E-state index in [1.54, 1.807) is 0 Å². The topological polar surface area (TPSA) is 224 Å². The lowest BCUT2D eigenvalue weighted by Crippen LogP contribution is -2.59. The molecule has 0 saturated carbocycles. The van der Waals surface area contributed by atoms with Crippen LogP contribution in [0.15, 0.2) is 132 Å². The number of hydrogen-bond acceptors (Lipinski definition) is 6. The number of carbonyl (C=O) groups is 5. The van der Waals surface area contributed by atoms with Gasteiger partial charge < -0.3 is 38.5 Å². The van der Waals surface area contributed by atoms with Crippen molar-refractivity contribution in [1.29, 1.82) is 0 Å². The van der Waals surface area contributed by atoms with Gasteiger partial charge in [0.25, 0.3) is 0 Å². The average Bonchev–Trinajstić information content (AvgIpc) is 3.23. The fraction of sp³-hybridized carbons (Fsp3) is 0.234. The summed E-state index contributed by atoms with van der Waals surface area (Å²) in [6.07, 6.45) is 0.767. The number of nitrogens with zero attached hydrogens (tertiary/aromatic N) is 1. The second-order valence-corrected chi connectivity index (χ2v) is 14.9. The first-order valence-electron chi connectivity index (χ1n) is 19.9. The van der Waals surface area contributed by atoms with E-state index in [2.05, 4.69) is 26.3 Å². The highest BCUT2D eigenvalue weighted by atomic mass is 16.2. The lowest BCUT2D eigenvalue weighted by molar-refractivity contribution is -0.134. The maximum atomic E-state index is 14.6. The van der Waals surface area contributed by atoms with Crippen LogP contribution < -0.4 is 38.5 Å². The molecule has 0 spiro atoms. The third-order valence-electron chi connectivity index (χ3n) is 10.3. The Morgan fingerprint density at radius 2 is 0.833 bits per heavy atom. The van der Waals surface area contributed by atoms with Crippen molar-refractivity contribution in [2.45, 2.75) is 63.2 Å². The summed E-state index contributed by atoms with van der Waals surface area (Å²) in [6.45, 7) is 1.55. The van der Waals surface area contributed by atoms with Gasteiger partial charge >= 0.3 is 0 Å². The quantitative estimate of drug-likeness (QED) is 0.0388. The second-order valence-electron chi connectivity index (χ2n) is 14.9. The van der Waals surface area contributed by atoms with Gasteiger partial charge in [0.2, 0.25) is 29.5 Å². The molecule has 60 heavy (non-hydrogen) atoms. The molecule has 6 rings (SSSR count). The van der Waals surface area contributed by atoms with Crippen molar-refractivity contribution >= 4 is 67.8 Å². The molecule has 13 nitrogen and oxygen atoms in total. The minimum atomic E-state index is -1.20. The van der Waals surface area contributed by atoms with E-state index in [9.17, 15) is 24.0 Å². The number of fused-ring (bicyclic) bond motifs is 3. The molecule has 0 aromatic heterocycles. The lowest BCUT2D eigenvalue weighted by Gasteiger charge is -2.26. The monoisotopic (exact) mass is 806 g/mol. The summed E-state index contributed by atoms with van der Waals surface area (Å²) in [5.74, 6) is -3.15. The molecule has 13 heteroatoms. The number of hydrogen-bond donors (Lipinski definition) is 7. The molecule has 5 amide bonds. The van der Waals surface area contributed by atoms with Crippen molar-refractivity contribution < 1.29 is 24.0 Å². The van der Waals surface area contributed by atoms with Crippen molar-refractivity contribution in [3.05, 3.63) is 144 Å². The summed E-state index contributed by atoms with van der Waals surface area (Å²) in [4.78, 5) is 71.9. The summed E-state index contributed by atoms with van der Waals surface area (Å²) in [7, 11) is 0. The Morgan fingerprint density at radius 3 is 1.18 bits per heavy atom. The molecule has 0 unspecified atom stereocenters. The zero-order chi connectivity index (χ0) is 42.6. The number of nitrogens with two attached hydrogens (primary N) is 3. The lowest BCUT2D eigenvalue weighted by atomic mass is 9.98. The number of rotatable bonds is 18. The third-order valence-corrected chi connectivity index (χ3v) is 10.3. The highest BCUT2D eigenvalue weighted by molar-refractivity contribution is 5.96. The maximum absolute atomic E-state index is 14.6. The molecular weight excluding hydrogens is 757 g/mol. The molecule has 0 heterocycles. The third kappa shape index (κ3) is 11.7. The molecule has 0 aliphatic carbocycles. The van der Waals surface area contributed by atoms with Gasteiger partial charge in [-0.3, -0.25) is 29.0 Å². The second kappa shape index (κ2) is 19.9. The molecule has 0 aliphatic heterocycles. The molecule has 10 N–H and O–H groups in total. The Labute approximate surface area is 348 Å². The van der Waals surface area contributed by atoms with E-state index in [1.807, 2.05) is 127 Å². The van der Waals surface area contributed by atoms with Crippen LogP contribution in [0, 0.1) is 0 Å². The molecule has 0 radical (unpaired) electrons. The molecule has 308 valence electrons. The van der Waals surface area contributed by atoms with E-state index in [1.165, 1.54) is 6.92 Å². The van der Waals surface area contributed by atoms with E-state index >= 15 is 0 Å². The fourth-order valence-corrected chi connectivity index (χ4v) is 7.28. The first kappa shape index (κ1) is 42.3. The van der Waals surface area contributed by atoms with Crippen molar-refractivity contribution in [3.8, 4) is 0 Å². The van der Waals surface area contributed by atoms with Crippen LogP contribution in [0.5, 0.6) is 0 Å². The zero-order valence-electron chi connectivity index (χ0n) is 33.4. The van der Waals surface area contributed by atoms with E-state index < -0.39 is 53.7 Å². The van der Waals surface area contributed by atoms with Crippen LogP contribution >= 0.6 is 0 Å². The number of aliphatic imine (C=N–C) groups is 1. The molecule has 0 aliphatic rings. The molecule has 4 atom stereocenters. The van der Waals surface area contributed by atoms with Crippen LogP contribution in [-0.4, -0.2) is 66.2 Å². The predicted molar refractivity (Wildman–Crippen MR) is 235 cm³/mol. The van der Waals surface area contributed by atoms with Crippen molar-refractivity contribution in [1.82, 2.24) is 21.3 Å². The maximum Gasteiger partial charge on any atom is 0.243 e. The molecule has 0 bridgehead atoms. The summed E-state index contributed by atoms with van der Waals surface area (Å²) < 4.78 is 0. The van der Waals surface area contributed by atoms with Crippen molar-refractivity contribution in [3.63, 3.8) is 0 Å². The van der Waals surface area contributed by atoms with E-state index in [-0.39, 0.29) is 38.2 Å². The number of carbonyl (C=O) groups excluding carboxylic acids is 5.